The predicted octanol–water partition coefficient (Wildman–Crippen LogP) is 0.847. The fourth-order valence-corrected chi connectivity index (χ4v) is 2.74. The molecule has 0 aliphatic heterocycles. The van der Waals surface area contributed by atoms with Gasteiger partial charge < -0.3 is 14.6 Å². The number of methoxy groups -OCH3 is 2. The maximum Gasteiger partial charge on any atom is 0.303 e. The highest BCUT2D eigenvalue weighted by Gasteiger charge is 2.19. The van der Waals surface area contributed by atoms with Gasteiger partial charge in [-0.15, -0.1) is 0 Å². The van der Waals surface area contributed by atoms with Crippen LogP contribution in [-0.4, -0.2) is 40.3 Å². The number of carboxylic acid groups (broad SMARTS) is 1. The van der Waals surface area contributed by atoms with Gasteiger partial charge in [0.15, 0.2) is 0 Å². The van der Waals surface area contributed by atoms with Crippen molar-refractivity contribution in [3.05, 3.63) is 18.2 Å². The number of ether oxygens (including phenoxy) is 2. The van der Waals surface area contributed by atoms with Gasteiger partial charge in [0.2, 0.25) is 10.0 Å². The van der Waals surface area contributed by atoms with Crippen molar-refractivity contribution < 1.29 is 27.8 Å². The third-order valence-corrected chi connectivity index (χ3v) is 4.02. The van der Waals surface area contributed by atoms with E-state index in [2.05, 4.69) is 4.72 Å². The lowest BCUT2D eigenvalue weighted by molar-refractivity contribution is -0.137. The molecule has 0 heterocycles. The molecule has 1 rings (SSSR count). The standard InChI is InChI=1S/C12H17NO6S/c1-18-9-5-6-11(10(8-9)19-2)20(16,17)13-7-3-4-12(14)15/h5-6,8,13H,3-4,7H2,1-2H3,(H,14,15). The van der Waals surface area contributed by atoms with Gasteiger partial charge in [-0.05, 0) is 18.6 Å². The van der Waals surface area contributed by atoms with Crippen molar-refractivity contribution in [2.24, 2.45) is 0 Å². The van der Waals surface area contributed by atoms with E-state index in [-0.39, 0.29) is 30.0 Å². The molecule has 2 N–H and O–H groups in total. The molecular formula is C12H17NO6S. The van der Waals surface area contributed by atoms with Crippen LogP contribution in [0.25, 0.3) is 0 Å². The van der Waals surface area contributed by atoms with Gasteiger partial charge >= 0.3 is 5.97 Å². The van der Waals surface area contributed by atoms with Gasteiger partial charge in [0, 0.05) is 19.0 Å². The molecule has 8 heteroatoms. The second-order valence-corrected chi connectivity index (χ2v) is 5.65. The van der Waals surface area contributed by atoms with Gasteiger partial charge in [-0.1, -0.05) is 0 Å². The summed E-state index contributed by atoms with van der Waals surface area (Å²) in [6, 6.07) is 4.34. The number of nitrogens with one attached hydrogen (secondary N) is 1. The number of sulfonamides is 1. The largest absolute Gasteiger partial charge is 0.497 e. The summed E-state index contributed by atoms with van der Waals surface area (Å²) < 4.78 is 36.5. The van der Waals surface area contributed by atoms with Crippen LogP contribution in [0.2, 0.25) is 0 Å². The summed E-state index contributed by atoms with van der Waals surface area (Å²) in [6.45, 7) is 0.0455. The Kier molecular flexibility index (Phi) is 5.78. The maximum atomic E-state index is 12.1. The van der Waals surface area contributed by atoms with Gasteiger partial charge in [-0.25, -0.2) is 13.1 Å². The smallest absolute Gasteiger partial charge is 0.303 e. The third kappa shape index (κ3) is 4.39. The Balaban J connectivity index is 2.84. The van der Waals surface area contributed by atoms with E-state index in [1.165, 1.54) is 32.4 Å². The molecule has 0 bridgehead atoms. The fraction of sp³-hybridized carbons (Fsp3) is 0.417. The molecule has 112 valence electrons. The summed E-state index contributed by atoms with van der Waals surface area (Å²) in [4.78, 5) is 10.3. The minimum absolute atomic E-state index is 0.0175. The van der Waals surface area contributed by atoms with Gasteiger partial charge in [0.1, 0.15) is 16.4 Å². The molecule has 0 unspecified atom stereocenters. The minimum Gasteiger partial charge on any atom is -0.497 e. The predicted molar refractivity (Wildman–Crippen MR) is 71.6 cm³/mol. The summed E-state index contributed by atoms with van der Waals surface area (Å²) in [5, 5.41) is 8.49. The first kappa shape index (κ1) is 16.3. The van der Waals surface area contributed by atoms with Crippen molar-refractivity contribution >= 4 is 16.0 Å². The number of carboxylic acids is 1. The zero-order valence-corrected chi connectivity index (χ0v) is 12.1. The van der Waals surface area contributed by atoms with Crippen molar-refractivity contribution in [2.75, 3.05) is 20.8 Å². The Labute approximate surface area is 117 Å². The molecule has 0 radical (unpaired) electrons. The van der Waals surface area contributed by atoms with E-state index in [0.29, 0.717) is 5.75 Å². The Bertz CT molecular complexity index is 569. The van der Waals surface area contributed by atoms with E-state index < -0.39 is 16.0 Å². The van der Waals surface area contributed by atoms with Crippen molar-refractivity contribution in [2.45, 2.75) is 17.7 Å². The molecule has 0 aliphatic carbocycles. The highest BCUT2D eigenvalue weighted by Crippen LogP contribution is 2.28. The van der Waals surface area contributed by atoms with Crippen LogP contribution in [0.5, 0.6) is 11.5 Å². The van der Waals surface area contributed by atoms with Crippen LogP contribution < -0.4 is 14.2 Å². The molecule has 0 saturated heterocycles. The molecule has 7 nitrogen and oxygen atoms in total. The van der Waals surface area contributed by atoms with E-state index in [4.69, 9.17) is 14.6 Å². The van der Waals surface area contributed by atoms with E-state index in [9.17, 15) is 13.2 Å². The molecule has 0 atom stereocenters. The first-order valence-corrected chi connectivity index (χ1v) is 7.32. The number of hydrogen-bond donors (Lipinski definition) is 2. The zero-order chi connectivity index (χ0) is 15.2. The SMILES string of the molecule is COc1ccc(S(=O)(=O)NCCCC(=O)O)c(OC)c1. The highest BCUT2D eigenvalue weighted by molar-refractivity contribution is 7.89. The quantitative estimate of drug-likeness (QED) is 0.690. The van der Waals surface area contributed by atoms with Gasteiger partial charge in [-0.2, -0.15) is 0 Å². The van der Waals surface area contributed by atoms with Crippen LogP contribution in [0.4, 0.5) is 0 Å². The topological polar surface area (TPSA) is 102 Å². The Hall–Kier alpha value is -1.80. The number of carbonyl (C=O) groups is 1. The second kappa shape index (κ2) is 7.11. The van der Waals surface area contributed by atoms with Gasteiger partial charge in [-0.3, -0.25) is 4.79 Å². The number of hydrogen-bond acceptors (Lipinski definition) is 5. The molecular weight excluding hydrogens is 286 g/mol. The fourth-order valence-electron chi connectivity index (χ4n) is 1.52. The summed E-state index contributed by atoms with van der Waals surface area (Å²) in [5.74, 6) is -0.326. The lowest BCUT2D eigenvalue weighted by Gasteiger charge is -2.11. The first-order valence-electron chi connectivity index (χ1n) is 5.84. The van der Waals surface area contributed by atoms with Crippen LogP contribution in [0.15, 0.2) is 23.1 Å². The molecule has 0 amide bonds. The molecule has 0 aromatic heterocycles. The van der Waals surface area contributed by atoms with Crippen LogP contribution in [0.3, 0.4) is 0 Å². The summed E-state index contributed by atoms with van der Waals surface area (Å²) in [6.07, 6.45) is 0.120. The number of benzene rings is 1. The summed E-state index contributed by atoms with van der Waals surface area (Å²) in [5.41, 5.74) is 0. The van der Waals surface area contributed by atoms with Crippen molar-refractivity contribution in [1.82, 2.24) is 4.72 Å². The molecule has 1 aromatic rings. The minimum atomic E-state index is -3.75. The lowest BCUT2D eigenvalue weighted by atomic mass is 10.3. The second-order valence-electron chi connectivity index (χ2n) is 3.91. The van der Waals surface area contributed by atoms with Crippen LogP contribution in [0.1, 0.15) is 12.8 Å². The molecule has 0 fully saturated rings. The lowest BCUT2D eigenvalue weighted by Crippen LogP contribution is -2.25. The highest BCUT2D eigenvalue weighted by atomic mass is 32.2. The van der Waals surface area contributed by atoms with Crippen molar-refractivity contribution in [1.29, 1.82) is 0 Å². The summed E-state index contributed by atoms with van der Waals surface area (Å²) in [7, 11) is -0.925. The van der Waals surface area contributed by atoms with Gasteiger partial charge in [0.05, 0.1) is 14.2 Å². The average Bonchev–Trinajstić information content (AvgIpc) is 2.42. The summed E-state index contributed by atoms with van der Waals surface area (Å²) >= 11 is 0. The molecule has 20 heavy (non-hydrogen) atoms. The zero-order valence-electron chi connectivity index (χ0n) is 11.3. The van der Waals surface area contributed by atoms with E-state index >= 15 is 0 Å². The average molecular weight is 303 g/mol. The Morgan fingerprint density at radius 3 is 2.55 bits per heavy atom. The third-order valence-electron chi connectivity index (χ3n) is 2.52. The Morgan fingerprint density at radius 2 is 2.00 bits per heavy atom. The molecule has 0 aliphatic rings. The normalized spacial score (nSPS) is 11.1. The molecule has 0 saturated carbocycles. The van der Waals surface area contributed by atoms with Crippen LogP contribution in [0, 0.1) is 0 Å². The van der Waals surface area contributed by atoms with E-state index in [1.54, 1.807) is 0 Å². The Morgan fingerprint density at radius 1 is 1.30 bits per heavy atom. The van der Waals surface area contributed by atoms with Crippen LogP contribution >= 0.6 is 0 Å². The number of rotatable bonds is 8. The molecule has 0 spiro atoms. The number of aliphatic carboxylic acids is 1. The monoisotopic (exact) mass is 303 g/mol. The molecule has 1 aromatic carbocycles. The van der Waals surface area contributed by atoms with Crippen LogP contribution in [-0.2, 0) is 14.8 Å². The maximum absolute atomic E-state index is 12.1. The van der Waals surface area contributed by atoms with Gasteiger partial charge in [0.25, 0.3) is 0 Å². The van der Waals surface area contributed by atoms with Crippen molar-refractivity contribution in [3.8, 4) is 11.5 Å². The van der Waals surface area contributed by atoms with Crippen molar-refractivity contribution in [3.63, 3.8) is 0 Å². The first-order chi connectivity index (χ1) is 9.40. The van der Waals surface area contributed by atoms with E-state index in [0.717, 1.165) is 0 Å². The van der Waals surface area contributed by atoms with E-state index in [1.807, 2.05) is 0 Å².